The third kappa shape index (κ3) is 4.94. The van der Waals surface area contributed by atoms with Crippen LogP contribution in [-0.2, 0) is 5.41 Å². The molecule has 6 nitrogen and oxygen atoms in total. The predicted molar refractivity (Wildman–Crippen MR) is 94.6 cm³/mol. The summed E-state index contributed by atoms with van der Waals surface area (Å²) in [7, 11) is 0. The molecule has 128 valence electrons. The highest BCUT2D eigenvalue weighted by atomic mass is 16.5. The molecule has 2 rings (SSSR count). The van der Waals surface area contributed by atoms with Crippen LogP contribution in [0, 0.1) is 0 Å². The van der Waals surface area contributed by atoms with Crippen molar-refractivity contribution < 1.29 is 9.53 Å². The number of benzene rings is 1. The Morgan fingerprint density at radius 1 is 1.33 bits per heavy atom. The summed E-state index contributed by atoms with van der Waals surface area (Å²) in [6.45, 7) is 8.91. The van der Waals surface area contributed by atoms with E-state index in [1.807, 2.05) is 45.0 Å². The second-order valence-electron chi connectivity index (χ2n) is 6.53. The molecule has 1 aromatic heterocycles. The molecule has 0 atom stereocenters. The Kier molecular flexibility index (Phi) is 5.73. The van der Waals surface area contributed by atoms with Crippen LogP contribution >= 0.6 is 0 Å². The van der Waals surface area contributed by atoms with Crippen LogP contribution in [0.3, 0.4) is 0 Å². The predicted octanol–water partition coefficient (Wildman–Crippen LogP) is 3.26. The molecule has 0 aliphatic heterocycles. The van der Waals surface area contributed by atoms with Gasteiger partial charge in [0.05, 0.1) is 12.8 Å². The lowest BCUT2D eigenvalue weighted by Crippen LogP contribution is -2.18. The van der Waals surface area contributed by atoms with E-state index in [1.54, 1.807) is 12.3 Å². The zero-order valence-electron chi connectivity index (χ0n) is 14.6. The minimum Gasteiger partial charge on any atom is -0.494 e. The summed E-state index contributed by atoms with van der Waals surface area (Å²) in [4.78, 5) is 12.0. The monoisotopic (exact) mass is 328 g/mol. The molecular weight excluding hydrogens is 304 g/mol. The van der Waals surface area contributed by atoms with Crippen molar-refractivity contribution >= 4 is 12.1 Å². The number of ether oxygens (including phenoxy) is 1. The summed E-state index contributed by atoms with van der Waals surface area (Å²) in [5.41, 5.74) is 4.48. The SMILES string of the molecule is CCCOc1ccc(C=NNC(=O)c2cc(C(C)(C)C)[nH]n2)cc1. The molecular formula is C18H24N4O2. The highest BCUT2D eigenvalue weighted by molar-refractivity contribution is 5.93. The molecule has 0 fully saturated rings. The molecule has 0 unspecified atom stereocenters. The Bertz CT molecular complexity index is 697. The second-order valence-corrected chi connectivity index (χ2v) is 6.53. The molecule has 0 aliphatic rings. The summed E-state index contributed by atoms with van der Waals surface area (Å²) in [5, 5.41) is 10.9. The van der Waals surface area contributed by atoms with Crippen LogP contribution in [0.2, 0.25) is 0 Å². The molecule has 0 radical (unpaired) electrons. The van der Waals surface area contributed by atoms with Crippen LogP contribution < -0.4 is 10.2 Å². The van der Waals surface area contributed by atoms with Gasteiger partial charge in [-0.05, 0) is 42.3 Å². The maximum atomic E-state index is 12.0. The first-order valence-electron chi connectivity index (χ1n) is 8.02. The number of nitrogens with one attached hydrogen (secondary N) is 2. The molecule has 2 N–H and O–H groups in total. The summed E-state index contributed by atoms with van der Waals surface area (Å²) in [6, 6.07) is 9.26. The van der Waals surface area contributed by atoms with Crippen LogP contribution in [0.25, 0.3) is 0 Å². The lowest BCUT2D eigenvalue weighted by molar-refractivity contribution is 0.0950. The average molecular weight is 328 g/mol. The molecule has 1 aromatic carbocycles. The summed E-state index contributed by atoms with van der Waals surface area (Å²) in [6.07, 6.45) is 2.55. The van der Waals surface area contributed by atoms with Gasteiger partial charge in [0.15, 0.2) is 5.69 Å². The fourth-order valence-electron chi connectivity index (χ4n) is 1.91. The topological polar surface area (TPSA) is 79.4 Å². The van der Waals surface area contributed by atoms with Gasteiger partial charge in [-0.25, -0.2) is 5.43 Å². The molecule has 0 aliphatic carbocycles. The van der Waals surface area contributed by atoms with Crippen LogP contribution in [0.5, 0.6) is 5.75 Å². The van der Waals surface area contributed by atoms with Crippen molar-refractivity contribution in [3.63, 3.8) is 0 Å². The number of rotatable bonds is 6. The highest BCUT2D eigenvalue weighted by Gasteiger charge is 2.19. The Labute approximate surface area is 142 Å². The lowest BCUT2D eigenvalue weighted by Gasteiger charge is -2.14. The number of aromatic nitrogens is 2. The van der Waals surface area contributed by atoms with E-state index in [4.69, 9.17) is 4.74 Å². The van der Waals surface area contributed by atoms with Crippen molar-refractivity contribution in [2.24, 2.45) is 5.10 Å². The minimum atomic E-state index is -0.346. The van der Waals surface area contributed by atoms with E-state index in [0.717, 1.165) is 23.4 Å². The van der Waals surface area contributed by atoms with E-state index in [2.05, 4.69) is 27.6 Å². The van der Waals surface area contributed by atoms with Gasteiger partial charge in [-0.1, -0.05) is 27.7 Å². The molecule has 0 bridgehead atoms. The number of hydrazone groups is 1. The van der Waals surface area contributed by atoms with Crippen molar-refractivity contribution in [1.29, 1.82) is 0 Å². The lowest BCUT2D eigenvalue weighted by atomic mass is 9.92. The summed E-state index contributed by atoms with van der Waals surface area (Å²) >= 11 is 0. The molecule has 24 heavy (non-hydrogen) atoms. The second kappa shape index (κ2) is 7.77. The maximum absolute atomic E-state index is 12.0. The Balaban J connectivity index is 1.91. The number of hydrogen-bond donors (Lipinski definition) is 2. The first kappa shape index (κ1) is 17.7. The van der Waals surface area contributed by atoms with E-state index >= 15 is 0 Å². The van der Waals surface area contributed by atoms with Crippen LogP contribution in [-0.4, -0.2) is 28.9 Å². The average Bonchev–Trinajstić information content (AvgIpc) is 3.04. The normalized spacial score (nSPS) is 11.7. The number of H-pyrrole nitrogens is 1. The molecule has 0 saturated heterocycles. The van der Waals surface area contributed by atoms with E-state index in [1.165, 1.54) is 0 Å². The number of hydrogen-bond acceptors (Lipinski definition) is 4. The van der Waals surface area contributed by atoms with Gasteiger partial charge < -0.3 is 4.74 Å². The van der Waals surface area contributed by atoms with Gasteiger partial charge in [0.1, 0.15) is 5.75 Å². The van der Waals surface area contributed by atoms with Crippen LogP contribution in [0.15, 0.2) is 35.4 Å². The van der Waals surface area contributed by atoms with Gasteiger partial charge in [0.25, 0.3) is 5.91 Å². The van der Waals surface area contributed by atoms with E-state index in [9.17, 15) is 4.79 Å². The largest absolute Gasteiger partial charge is 0.494 e. The van der Waals surface area contributed by atoms with E-state index in [0.29, 0.717) is 12.3 Å². The molecule has 1 amide bonds. The number of nitrogens with zero attached hydrogens (tertiary/aromatic N) is 2. The summed E-state index contributed by atoms with van der Waals surface area (Å²) in [5.74, 6) is 0.477. The molecule has 2 aromatic rings. The first-order chi connectivity index (χ1) is 11.4. The van der Waals surface area contributed by atoms with Gasteiger partial charge in [-0.15, -0.1) is 0 Å². The zero-order valence-corrected chi connectivity index (χ0v) is 14.6. The van der Waals surface area contributed by atoms with Gasteiger partial charge in [-0.3, -0.25) is 9.89 Å². The third-order valence-electron chi connectivity index (χ3n) is 3.35. The van der Waals surface area contributed by atoms with Crippen LogP contribution in [0.4, 0.5) is 0 Å². The van der Waals surface area contributed by atoms with Crippen molar-refractivity contribution in [3.05, 3.63) is 47.3 Å². The van der Waals surface area contributed by atoms with Crippen LogP contribution in [0.1, 0.15) is 55.9 Å². The third-order valence-corrected chi connectivity index (χ3v) is 3.35. The Morgan fingerprint density at radius 2 is 2.04 bits per heavy atom. The highest BCUT2D eigenvalue weighted by Crippen LogP contribution is 2.20. The smallest absolute Gasteiger partial charge is 0.291 e. The number of carbonyl (C=O) groups excluding carboxylic acids is 1. The van der Waals surface area contributed by atoms with Gasteiger partial charge in [0, 0.05) is 11.1 Å². The van der Waals surface area contributed by atoms with Gasteiger partial charge >= 0.3 is 0 Å². The molecule has 0 saturated carbocycles. The number of aromatic amines is 1. The maximum Gasteiger partial charge on any atom is 0.291 e. The quantitative estimate of drug-likeness (QED) is 0.631. The van der Waals surface area contributed by atoms with Gasteiger partial charge in [0.2, 0.25) is 0 Å². The fraction of sp³-hybridized carbons (Fsp3) is 0.389. The van der Waals surface area contributed by atoms with Crippen molar-refractivity contribution in [2.75, 3.05) is 6.61 Å². The fourth-order valence-corrected chi connectivity index (χ4v) is 1.91. The molecule has 0 spiro atoms. The number of carbonyl (C=O) groups is 1. The summed E-state index contributed by atoms with van der Waals surface area (Å²) < 4.78 is 5.51. The van der Waals surface area contributed by atoms with Gasteiger partial charge in [-0.2, -0.15) is 10.2 Å². The van der Waals surface area contributed by atoms with E-state index < -0.39 is 0 Å². The minimum absolute atomic E-state index is 0.0869. The Morgan fingerprint density at radius 3 is 2.62 bits per heavy atom. The standard InChI is InChI=1S/C18H24N4O2/c1-5-10-24-14-8-6-13(7-9-14)12-19-22-17(23)15-11-16(21-20-15)18(2,3)4/h6-9,11-12H,5,10H2,1-4H3,(H,20,21)(H,22,23). The first-order valence-corrected chi connectivity index (χ1v) is 8.02. The van der Waals surface area contributed by atoms with E-state index in [-0.39, 0.29) is 11.3 Å². The molecule has 6 heteroatoms. The van der Waals surface area contributed by atoms with Crippen molar-refractivity contribution in [1.82, 2.24) is 15.6 Å². The number of amides is 1. The molecule has 1 heterocycles. The van der Waals surface area contributed by atoms with Crippen molar-refractivity contribution in [3.8, 4) is 5.75 Å². The zero-order chi connectivity index (χ0) is 17.6. The van der Waals surface area contributed by atoms with Crippen molar-refractivity contribution in [2.45, 2.75) is 39.5 Å². The Hall–Kier alpha value is -2.63.